The first-order valence-corrected chi connectivity index (χ1v) is 7.29. The first kappa shape index (κ1) is 13.4. The zero-order valence-electron chi connectivity index (χ0n) is 11.5. The van der Waals surface area contributed by atoms with E-state index >= 15 is 0 Å². The van der Waals surface area contributed by atoms with Gasteiger partial charge < -0.3 is 5.32 Å². The second kappa shape index (κ2) is 6.75. The second-order valence-corrected chi connectivity index (χ2v) is 5.33. The van der Waals surface area contributed by atoms with Gasteiger partial charge in [0.1, 0.15) is 0 Å². The first-order valence-electron chi connectivity index (χ1n) is 7.29. The zero-order valence-corrected chi connectivity index (χ0v) is 11.5. The van der Waals surface area contributed by atoms with Gasteiger partial charge in [-0.2, -0.15) is 0 Å². The maximum atomic E-state index is 3.88. The summed E-state index contributed by atoms with van der Waals surface area (Å²) in [5, 5.41) is 3.62. The molecule has 1 heteroatoms. The van der Waals surface area contributed by atoms with E-state index in [0.717, 1.165) is 18.9 Å². The zero-order chi connectivity index (χ0) is 12.8. The summed E-state index contributed by atoms with van der Waals surface area (Å²) < 4.78 is 0. The molecule has 1 unspecified atom stereocenters. The summed E-state index contributed by atoms with van der Waals surface area (Å²) in [7, 11) is 0. The molecule has 1 aliphatic carbocycles. The van der Waals surface area contributed by atoms with Gasteiger partial charge >= 0.3 is 0 Å². The van der Waals surface area contributed by atoms with Crippen molar-refractivity contribution in [1.82, 2.24) is 5.32 Å². The Morgan fingerprint density at radius 3 is 2.89 bits per heavy atom. The van der Waals surface area contributed by atoms with Crippen LogP contribution in [0.2, 0.25) is 0 Å². The Kier molecular flexibility index (Phi) is 5.00. The quantitative estimate of drug-likeness (QED) is 0.692. The van der Waals surface area contributed by atoms with Crippen LogP contribution in [-0.2, 0) is 0 Å². The van der Waals surface area contributed by atoms with Gasteiger partial charge in [0, 0.05) is 6.04 Å². The molecule has 1 aromatic carbocycles. The summed E-state index contributed by atoms with van der Waals surface area (Å²) in [5.41, 5.74) is 2.96. The molecule has 1 fully saturated rings. The van der Waals surface area contributed by atoms with E-state index in [2.05, 4.69) is 43.1 Å². The largest absolute Gasteiger partial charge is 0.310 e. The Labute approximate surface area is 111 Å². The van der Waals surface area contributed by atoms with Crippen molar-refractivity contribution >= 4 is 0 Å². The van der Waals surface area contributed by atoms with Crippen molar-refractivity contribution in [3.8, 4) is 0 Å². The Balaban J connectivity index is 2.09. The smallest absolute Gasteiger partial charge is 0.0354 e. The molecule has 0 radical (unpaired) electrons. The lowest BCUT2D eigenvalue weighted by atomic mass is 9.79. The fourth-order valence-corrected chi connectivity index (χ4v) is 2.59. The van der Waals surface area contributed by atoms with E-state index in [1.807, 2.05) is 6.08 Å². The lowest BCUT2D eigenvalue weighted by Gasteiger charge is -2.27. The second-order valence-electron chi connectivity index (χ2n) is 5.33. The van der Waals surface area contributed by atoms with E-state index in [4.69, 9.17) is 0 Å². The summed E-state index contributed by atoms with van der Waals surface area (Å²) in [6.07, 6.45) is 8.35. The molecule has 0 amide bonds. The van der Waals surface area contributed by atoms with E-state index in [0.29, 0.717) is 6.04 Å². The molecule has 1 atom stereocenters. The molecule has 1 saturated carbocycles. The van der Waals surface area contributed by atoms with Crippen molar-refractivity contribution in [2.75, 3.05) is 6.54 Å². The van der Waals surface area contributed by atoms with E-state index in [1.165, 1.54) is 36.8 Å². The molecule has 18 heavy (non-hydrogen) atoms. The van der Waals surface area contributed by atoms with Gasteiger partial charge in [0.15, 0.2) is 0 Å². The van der Waals surface area contributed by atoms with Crippen LogP contribution in [0.4, 0.5) is 0 Å². The highest BCUT2D eigenvalue weighted by Crippen LogP contribution is 2.37. The number of benzene rings is 1. The van der Waals surface area contributed by atoms with Crippen molar-refractivity contribution < 1.29 is 0 Å². The summed E-state index contributed by atoms with van der Waals surface area (Å²) in [4.78, 5) is 0. The highest BCUT2D eigenvalue weighted by atomic mass is 14.9. The molecule has 1 aromatic rings. The van der Waals surface area contributed by atoms with Crippen LogP contribution in [0.5, 0.6) is 0 Å². The maximum Gasteiger partial charge on any atom is 0.0354 e. The maximum absolute atomic E-state index is 3.88. The highest BCUT2D eigenvalue weighted by Gasteiger charge is 2.20. The van der Waals surface area contributed by atoms with Gasteiger partial charge in [0.25, 0.3) is 0 Å². The molecule has 0 aromatic heterocycles. The molecule has 0 spiro atoms. The summed E-state index contributed by atoms with van der Waals surface area (Å²) in [5.74, 6) is 0.820. The van der Waals surface area contributed by atoms with Crippen LogP contribution in [0.1, 0.15) is 62.1 Å². The van der Waals surface area contributed by atoms with Crippen molar-refractivity contribution in [3.05, 3.63) is 48.0 Å². The normalized spacial score (nSPS) is 17.2. The number of hydrogen-bond donors (Lipinski definition) is 1. The van der Waals surface area contributed by atoms with E-state index in [9.17, 15) is 0 Å². The Morgan fingerprint density at radius 1 is 1.44 bits per heavy atom. The van der Waals surface area contributed by atoms with Crippen molar-refractivity contribution in [1.29, 1.82) is 0 Å². The van der Waals surface area contributed by atoms with Gasteiger partial charge in [0.05, 0.1) is 0 Å². The summed E-state index contributed by atoms with van der Waals surface area (Å²) >= 11 is 0. The van der Waals surface area contributed by atoms with Crippen LogP contribution >= 0.6 is 0 Å². The molecule has 1 N–H and O–H groups in total. The lowest BCUT2D eigenvalue weighted by molar-refractivity contribution is 0.419. The minimum absolute atomic E-state index is 0.433. The fraction of sp³-hybridized carbons (Fsp3) is 0.529. The molecule has 1 nitrogen and oxygen atoms in total. The molecule has 98 valence electrons. The molecule has 0 heterocycles. The SMILES string of the molecule is C=CCC(NCCC)c1cccc(C2CCC2)c1. The van der Waals surface area contributed by atoms with Gasteiger partial charge in [-0.25, -0.2) is 0 Å². The summed E-state index contributed by atoms with van der Waals surface area (Å²) in [6, 6.07) is 9.59. The standard InChI is InChI=1S/C17H25N/c1-3-7-17(18-12-4-2)16-11-6-10-15(13-16)14-8-5-9-14/h3,6,10-11,13-14,17-18H,1,4-5,7-9,12H2,2H3. The van der Waals surface area contributed by atoms with E-state index in [-0.39, 0.29) is 0 Å². The van der Waals surface area contributed by atoms with E-state index in [1.54, 1.807) is 0 Å². The van der Waals surface area contributed by atoms with Crippen LogP contribution in [0.15, 0.2) is 36.9 Å². The predicted octanol–water partition coefficient (Wildman–Crippen LogP) is 4.57. The average molecular weight is 243 g/mol. The van der Waals surface area contributed by atoms with Crippen LogP contribution in [-0.4, -0.2) is 6.54 Å². The molecule has 2 rings (SSSR count). The minimum Gasteiger partial charge on any atom is -0.310 e. The molecular formula is C17H25N. The van der Waals surface area contributed by atoms with E-state index < -0.39 is 0 Å². The Hall–Kier alpha value is -1.08. The fourth-order valence-electron chi connectivity index (χ4n) is 2.59. The number of nitrogens with one attached hydrogen (secondary N) is 1. The summed E-state index contributed by atoms with van der Waals surface area (Å²) in [6.45, 7) is 7.17. The van der Waals surface area contributed by atoms with Crippen LogP contribution in [0, 0.1) is 0 Å². The molecule has 0 bridgehead atoms. The van der Waals surface area contributed by atoms with Crippen LogP contribution < -0.4 is 5.32 Å². The number of rotatable bonds is 7. The minimum atomic E-state index is 0.433. The lowest BCUT2D eigenvalue weighted by Crippen LogP contribution is -2.22. The first-order chi connectivity index (χ1) is 8.85. The topological polar surface area (TPSA) is 12.0 Å². The number of hydrogen-bond acceptors (Lipinski definition) is 1. The van der Waals surface area contributed by atoms with Gasteiger partial charge in [-0.15, -0.1) is 6.58 Å². The molecule has 1 aliphatic rings. The molecule has 0 saturated heterocycles. The van der Waals surface area contributed by atoms with Gasteiger partial charge in [0.2, 0.25) is 0 Å². The van der Waals surface area contributed by atoms with Crippen molar-refractivity contribution in [2.45, 2.75) is 51.0 Å². The third-order valence-corrected chi connectivity index (χ3v) is 3.93. The monoisotopic (exact) mass is 243 g/mol. The van der Waals surface area contributed by atoms with Gasteiger partial charge in [-0.3, -0.25) is 0 Å². The third kappa shape index (κ3) is 3.23. The van der Waals surface area contributed by atoms with Crippen LogP contribution in [0.3, 0.4) is 0 Å². The highest BCUT2D eigenvalue weighted by molar-refractivity contribution is 5.30. The van der Waals surface area contributed by atoms with Crippen molar-refractivity contribution in [2.24, 2.45) is 0 Å². The average Bonchev–Trinajstić information content (AvgIpc) is 2.33. The van der Waals surface area contributed by atoms with Crippen LogP contribution in [0.25, 0.3) is 0 Å². The van der Waals surface area contributed by atoms with Gasteiger partial charge in [-0.05, 0) is 49.3 Å². The Morgan fingerprint density at radius 2 is 2.28 bits per heavy atom. The molecule has 0 aliphatic heterocycles. The predicted molar refractivity (Wildman–Crippen MR) is 78.9 cm³/mol. The third-order valence-electron chi connectivity index (χ3n) is 3.93. The molecular weight excluding hydrogens is 218 g/mol. The Bertz CT molecular complexity index is 379. The van der Waals surface area contributed by atoms with Crippen molar-refractivity contribution in [3.63, 3.8) is 0 Å². The van der Waals surface area contributed by atoms with Gasteiger partial charge in [-0.1, -0.05) is 43.7 Å².